The Bertz CT molecular complexity index is 766. The summed E-state index contributed by atoms with van der Waals surface area (Å²) in [5.41, 5.74) is 3.25. The van der Waals surface area contributed by atoms with E-state index in [0.717, 1.165) is 27.1 Å². The third kappa shape index (κ3) is 3.21. The van der Waals surface area contributed by atoms with Crippen LogP contribution in [0.25, 0.3) is 16.9 Å². The Balaban J connectivity index is 2.17. The van der Waals surface area contributed by atoms with Crippen LogP contribution in [-0.2, 0) is 0 Å². The number of halogens is 1. The smallest absolute Gasteiger partial charge is 0.173 e. The molecule has 0 unspecified atom stereocenters. The van der Waals surface area contributed by atoms with Crippen molar-refractivity contribution in [3.05, 3.63) is 65.8 Å². The van der Waals surface area contributed by atoms with Gasteiger partial charge in [-0.15, -0.1) is 0 Å². The van der Waals surface area contributed by atoms with Crippen LogP contribution in [0.3, 0.4) is 0 Å². The molecule has 22 heavy (non-hydrogen) atoms. The second-order valence-electron chi connectivity index (χ2n) is 5.27. The molecule has 0 spiro atoms. The molecule has 4 heteroatoms. The molecule has 0 N–H and O–H groups in total. The molecule has 0 saturated heterocycles. The average Bonchev–Trinajstić information content (AvgIpc) is 2.91. The van der Waals surface area contributed by atoms with Gasteiger partial charge < -0.3 is 0 Å². The van der Waals surface area contributed by atoms with Gasteiger partial charge >= 0.3 is 0 Å². The maximum absolute atomic E-state index is 6.18. The van der Waals surface area contributed by atoms with Crippen molar-refractivity contribution in [3.8, 4) is 16.9 Å². The third-order valence-corrected chi connectivity index (χ3v) is 4.41. The van der Waals surface area contributed by atoms with Gasteiger partial charge in [-0.05, 0) is 18.2 Å². The van der Waals surface area contributed by atoms with Gasteiger partial charge in [0.05, 0.1) is 11.9 Å². The fourth-order valence-corrected chi connectivity index (χ4v) is 3.34. The van der Waals surface area contributed by atoms with E-state index in [1.54, 1.807) is 11.8 Å². The minimum Gasteiger partial charge on any atom is -0.287 e. The number of nitrogens with zero attached hydrogens (tertiary/aromatic N) is 2. The molecule has 0 atom stereocenters. The molecule has 0 bridgehead atoms. The summed E-state index contributed by atoms with van der Waals surface area (Å²) in [6.07, 6.45) is 1.93. The average molecular weight is 329 g/mol. The van der Waals surface area contributed by atoms with Gasteiger partial charge in [-0.2, -0.15) is 0 Å². The number of hydrogen-bond acceptors (Lipinski definition) is 2. The molecule has 0 aliphatic heterocycles. The molecule has 0 aliphatic rings. The second-order valence-corrected chi connectivity index (χ2v) is 7.25. The number of rotatable bonds is 4. The predicted octanol–water partition coefficient (Wildman–Crippen LogP) is 5.69. The molecule has 0 aliphatic carbocycles. The summed E-state index contributed by atoms with van der Waals surface area (Å²) in [7, 11) is 0. The number of benzene rings is 2. The van der Waals surface area contributed by atoms with Crippen molar-refractivity contribution < 1.29 is 0 Å². The van der Waals surface area contributed by atoms with Crippen molar-refractivity contribution in [1.29, 1.82) is 0 Å². The maximum atomic E-state index is 6.18. The largest absolute Gasteiger partial charge is 0.287 e. The summed E-state index contributed by atoms with van der Waals surface area (Å²) in [6.45, 7) is 4.34. The minimum atomic E-state index is 0.462. The fraction of sp³-hybridized carbons (Fsp3) is 0.167. The van der Waals surface area contributed by atoms with Crippen LogP contribution in [0.15, 0.2) is 66.0 Å². The molecule has 2 nitrogen and oxygen atoms in total. The lowest BCUT2D eigenvalue weighted by Crippen LogP contribution is -2.01. The van der Waals surface area contributed by atoms with Gasteiger partial charge in [-0.25, -0.2) is 4.98 Å². The summed E-state index contributed by atoms with van der Waals surface area (Å²) in [5, 5.41) is 2.17. The van der Waals surface area contributed by atoms with E-state index in [2.05, 4.69) is 41.6 Å². The Morgan fingerprint density at radius 2 is 1.82 bits per heavy atom. The van der Waals surface area contributed by atoms with Crippen LogP contribution in [0.1, 0.15) is 13.8 Å². The van der Waals surface area contributed by atoms with E-state index < -0.39 is 0 Å². The monoisotopic (exact) mass is 328 g/mol. The Labute approximate surface area is 140 Å². The van der Waals surface area contributed by atoms with Crippen LogP contribution in [-0.4, -0.2) is 14.8 Å². The standard InChI is InChI=1S/C18H17ClN2S/c1-13(2)22-18-20-12-17(14-7-4-3-5-8-14)21(18)16-10-6-9-15(19)11-16/h3-13H,1-2H3. The molecule has 0 amide bonds. The number of thioether (sulfide) groups is 1. The highest BCUT2D eigenvalue weighted by molar-refractivity contribution is 7.99. The van der Waals surface area contributed by atoms with Crippen LogP contribution in [0.5, 0.6) is 0 Å². The number of aromatic nitrogens is 2. The molecule has 112 valence electrons. The van der Waals surface area contributed by atoms with Gasteiger partial charge in [0.2, 0.25) is 0 Å². The van der Waals surface area contributed by atoms with Crippen LogP contribution >= 0.6 is 23.4 Å². The van der Waals surface area contributed by atoms with Crippen LogP contribution in [0.4, 0.5) is 0 Å². The van der Waals surface area contributed by atoms with Gasteiger partial charge in [0.15, 0.2) is 5.16 Å². The number of hydrogen-bond donors (Lipinski definition) is 0. The highest BCUT2D eigenvalue weighted by atomic mass is 35.5. The molecule has 0 saturated carbocycles. The normalized spacial score (nSPS) is 11.1. The molecule has 3 rings (SSSR count). The van der Waals surface area contributed by atoms with Gasteiger partial charge in [0.1, 0.15) is 0 Å². The molecule has 1 heterocycles. The molecular weight excluding hydrogens is 312 g/mol. The van der Waals surface area contributed by atoms with Crippen molar-refractivity contribution in [2.75, 3.05) is 0 Å². The summed E-state index contributed by atoms with van der Waals surface area (Å²) in [6, 6.07) is 18.2. The minimum absolute atomic E-state index is 0.462. The summed E-state index contributed by atoms with van der Waals surface area (Å²) < 4.78 is 2.17. The molecular formula is C18H17ClN2S. The first-order valence-electron chi connectivity index (χ1n) is 7.21. The van der Waals surface area contributed by atoms with E-state index in [9.17, 15) is 0 Å². The Kier molecular flexibility index (Phi) is 4.55. The first-order valence-corrected chi connectivity index (χ1v) is 8.46. The summed E-state index contributed by atoms with van der Waals surface area (Å²) in [4.78, 5) is 4.62. The van der Waals surface area contributed by atoms with E-state index in [4.69, 9.17) is 11.6 Å². The van der Waals surface area contributed by atoms with Gasteiger partial charge in [0.25, 0.3) is 0 Å². The Hall–Kier alpha value is -1.71. The molecule has 2 aromatic carbocycles. The quantitative estimate of drug-likeness (QED) is 0.572. The van der Waals surface area contributed by atoms with Gasteiger partial charge in [0, 0.05) is 21.5 Å². The zero-order chi connectivity index (χ0) is 15.5. The second kappa shape index (κ2) is 6.59. The van der Waals surface area contributed by atoms with Crippen molar-refractivity contribution >= 4 is 23.4 Å². The van der Waals surface area contributed by atoms with Crippen molar-refractivity contribution in [3.63, 3.8) is 0 Å². The van der Waals surface area contributed by atoms with E-state index in [1.807, 2.05) is 42.6 Å². The van der Waals surface area contributed by atoms with Gasteiger partial charge in [-0.3, -0.25) is 4.57 Å². The highest BCUT2D eigenvalue weighted by Crippen LogP contribution is 2.32. The van der Waals surface area contributed by atoms with E-state index in [1.165, 1.54) is 0 Å². The number of imidazole rings is 1. The van der Waals surface area contributed by atoms with Crippen LogP contribution in [0.2, 0.25) is 5.02 Å². The predicted molar refractivity (Wildman–Crippen MR) is 95.0 cm³/mol. The summed E-state index contributed by atoms with van der Waals surface area (Å²) >= 11 is 7.93. The first-order chi connectivity index (χ1) is 10.6. The Morgan fingerprint density at radius 1 is 1.05 bits per heavy atom. The molecule has 1 aromatic heterocycles. The maximum Gasteiger partial charge on any atom is 0.173 e. The molecule has 0 fully saturated rings. The molecule has 0 radical (unpaired) electrons. The lowest BCUT2D eigenvalue weighted by Gasteiger charge is -2.13. The van der Waals surface area contributed by atoms with Crippen LogP contribution < -0.4 is 0 Å². The van der Waals surface area contributed by atoms with Crippen molar-refractivity contribution in [2.45, 2.75) is 24.3 Å². The van der Waals surface area contributed by atoms with E-state index >= 15 is 0 Å². The lowest BCUT2D eigenvalue weighted by atomic mass is 10.1. The topological polar surface area (TPSA) is 17.8 Å². The highest BCUT2D eigenvalue weighted by Gasteiger charge is 2.15. The Morgan fingerprint density at radius 3 is 2.50 bits per heavy atom. The van der Waals surface area contributed by atoms with E-state index in [0.29, 0.717) is 5.25 Å². The zero-order valence-electron chi connectivity index (χ0n) is 12.5. The lowest BCUT2D eigenvalue weighted by molar-refractivity contribution is 0.893. The summed E-state index contributed by atoms with van der Waals surface area (Å²) in [5.74, 6) is 0. The molecule has 3 aromatic rings. The third-order valence-electron chi connectivity index (χ3n) is 3.21. The zero-order valence-corrected chi connectivity index (χ0v) is 14.1. The SMILES string of the molecule is CC(C)Sc1ncc(-c2ccccc2)n1-c1cccc(Cl)c1. The van der Waals surface area contributed by atoms with Crippen molar-refractivity contribution in [2.24, 2.45) is 0 Å². The first kappa shape index (κ1) is 15.2. The van der Waals surface area contributed by atoms with Crippen LogP contribution in [0, 0.1) is 0 Å². The fourth-order valence-electron chi connectivity index (χ4n) is 2.31. The van der Waals surface area contributed by atoms with Crippen molar-refractivity contribution in [1.82, 2.24) is 9.55 Å². The van der Waals surface area contributed by atoms with Gasteiger partial charge in [-0.1, -0.05) is 73.6 Å². The van der Waals surface area contributed by atoms with E-state index in [-0.39, 0.29) is 0 Å².